The number of hydrogen-bond acceptors (Lipinski definition) is 2. The SMILES string of the molecule is [H-].[N-]=[N+]=NS(=O)[O-].[Na+]. The molecule has 0 bridgehead atoms. The third-order valence-corrected chi connectivity index (χ3v) is 0.310. The first-order valence-corrected chi connectivity index (χ1v) is 1.95. The first-order valence-electron chi connectivity index (χ1n) is 0.916. The van der Waals surface area contributed by atoms with E-state index in [1.54, 1.807) is 0 Å². The Morgan fingerprint density at radius 1 is 2.00 bits per heavy atom. The Morgan fingerprint density at radius 2 is 2.43 bits per heavy atom. The average molecular weight is 130 g/mol. The van der Waals surface area contributed by atoms with Gasteiger partial charge in [0.05, 0.1) is 0 Å². The van der Waals surface area contributed by atoms with Crippen LogP contribution in [0.2, 0.25) is 0 Å². The predicted molar refractivity (Wildman–Crippen MR) is 19.2 cm³/mol. The average Bonchev–Trinajstić information content (AvgIpc) is 1.35. The number of azide groups is 1. The molecule has 0 saturated heterocycles. The van der Waals surface area contributed by atoms with E-state index in [4.69, 9.17) is 5.53 Å². The molecule has 0 aromatic rings. The molecule has 0 heterocycles. The molecule has 1 unspecified atom stereocenters. The predicted octanol–water partition coefficient (Wildman–Crippen LogP) is -2.79. The van der Waals surface area contributed by atoms with Gasteiger partial charge in [-0.25, -0.2) is 0 Å². The summed E-state index contributed by atoms with van der Waals surface area (Å²) in [5.41, 5.74) is 7.30. The van der Waals surface area contributed by atoms with Crippen LogP contribution in [-0.2, 0) is 11.3 Å². The zero-order valence-electron chi connectivity index (χ0n) is 4.57. The zero-order chi connectivity index (χ0) is 4.99. The van der Waals surface area contributed by atoms with Crippen molar-refractivity contribution in [2.45, 2.75) is 0 Å². The fourth-order valence-electron chi connectivity index (χ4n) is 0.0298. The number of rotatable bonds is 1. The Hall–Kier alpha value is 0.420. The van der Waals surface area contributed by atoms with Crippen molar-refractivity contribution in [2.75, 3.05) is 0 Å². The fraction of sp³-hybridized carbons (Fsp3) is 0. The second kappa shape index (κ2) is 6.42. The monoisotopic (exact) mass is 130 g/mol. The molecule has 0 N–H and O–H groups in total. The standard InChI is InChI=1S/HN3O2S.Na.H/c1-2-3-6(4)5;;/h(H,4,5);;/q;+1;-1/p-1. The molecule has 7 heavy (non-hydrogen) atoms. The van der Waals surface area contributed by atoms with Crippen molar-refractivity contribution in [2.24, 2.45) is 4.52 Å². The van der Waals surface area contributed by atoms with Gasteiger partial charge in [0.1, 0.15) is 0 Å². The quantitative estimate of drug-likeness (QED) is 0.126. The summed E-state index contributed by atoms with van der Waals surface area (Å²) < 4.78 is 20.6. The Morgan fingerprint density at radius 3 is 2.43 bits per heavy atom. The van der Waals surface area contributed by atoms with Crippen molar-refractivity contribution in [3.8, 4) is 0 Å². The molecule has 0 fully saturated rings. The molecule has 0 saturated carbocycles. The second-order valence-corrected chi connectivity index (χ2v) is 0.986. The van der Waals surface area contributed by atoms with Crippen LogP contribution in [0, 0.1) is 0 Å². The van der Waals surface area contributed by atoms with Gasteiger partial charge in [-0.3, -0.25) is 4.21 Å². The maximum absolute atomic E-state index is 9.18. The summed E-state index contributed by atoms with van der Waals surface area (Å²) in [7, 11) is 0. The molecule has 0 rings (SSSR count). The van der Waals surface area contributed by atoms with Gasteiger partial charge in [-0.05, 0) is 10.1 Å². The van der Waals surface area contributed by atoms with E-state index < -0.39 is 11.3 Å². The molecular formula is HN3NaO2S-. The van der Waals surface area contributed by atoms with E-state index in [1.807, 2.05) is 4.91 Å². The Kier molecular flexibility index (Phi) is 9.55. The first kappa shape index (κ1) is 10.4. The van der Waals surface area contributed by atoms with Crippen molar-refractivity contribution in [1.82, 2.24) is 0 Å². The molecule has 0 amide bonds. The van der Waals surface area contributed by atoms with Gasteiger partial charge in [0.15, 0.2) is 0 Å². The van der Waals surface area contributed by atoms with Crippen molar-refractivity contribution < 1.29 is 39.7 Å². The van der Waals surface area contributed by atoms with E-state index in [0.29, 0.717) is 0 Å². The summed E-state index contributed by atoms with van der Waals surface area (Å²) in [6.45, 7) is 0. The van der Waals surface area contributed by atoms with Crippen molar-refractivity contribution >= 4 is 11.3 Å². The molecule has 5 nitrogen and oxygen atoms in total. The Labute approximate surface area is 65.9 Å². The van der Waals surface area contributed by atoms with Crippen LogP contribution < -0.4 is 29.6 Å². The minimum absolute atomic E-state index is 0. The minimum Gasteiger partial charge on any atom is -1.00 e. The summed E-state index contributed by atoms with van der Waals surface area (Å²) >= 11 is -2.61. The van der Waals surface area contributed by atoms with Crippen molar-refractivity contribution in [1.29, 1.82) is 0 Å². The maximum Gasteiger partial charge on any atom is 1.00 e. The molecule has 0 spiro atoms. The smallest absolute Gasteiger partial charge is 1.00 e. The van der Waals surface area contributed by atoms with Crippen LogP contribution in [0.5, 0.6) is 0 Å². The molecule has 0 radical (unpaired) electrons. The summed E-state index contributed by atoms with van der Waals surface area (Å²) in [6.07, 6.45) is 0. The van der Waals surface area contributed by atoms with Gasteiger partial charge in [0.25, 0.3) is 0 Å². The van der Waals surface area contributed by atoms with E-state index in [2.05, 4.69) is 4.52 Å². The van der Waals surface area contributed by atoms with Crippen LogP contribution in [0.25, 0.3) is 10.4 Å². The maximum atomic E-state index is 9.18. The van der Waals surface area contributed by atoms with Gasteiger partial charge in [-0.1, -0.05) is 0 Å². The van der Waals surface area contributed by atoms with Gasteiger partial charge in [-0.15, -0.1) is 0 Å². The van der Waals surface area contributed by atoms with Crippen molar-refractivity contribution in [3.05, 3.63) is 10.4 Å². The summed E-state index contributed by atoms with van der Waals surface area (Å²) in [5, 5.41) is 0. The van der Waals surface area contributed by atoms with E-state index in [-0.39, 0.29) is 31.0 Å². The van der Waals surface area contributed by atoms with Crippen LogP contribution >= 0.6 is 0 Å². The zero-order valence-corrected chi connectivity index (χ0v) is 6.38. The van der Waals surface area contributed by atoms with Crippen LogP contribution in [-0.4, -0.2) is 8.76 Å². The van der Waals surface area contributed by atoms with E-state index in [1.165, 1.54) is 0 Å². The van der Waals surface area contributed by atoms with Gasteiger partial charge < -0.3 is 5.98 Å². The first-order chi connectivity index (χ1) is 2.77. The van der Waals surface area contributed by atoms with Gasteiger partial charge >= 0.3 is 29.6 Å². The van der Waals surface area contributed by atoms with Crippen molar-refractivity contribution in [3.63, 3.8) is 0 Å². The molecule has 0 aromatic heterocycles. The number of nitrogens with zero attached hydrogens (tertiary/aromatic N) is 3. The molecule has 0 aliphatic carbocycles. The van der Waals surface area contributed by atoms with Crippen LogP contribution in [0.4, 0.5) is 0 Å². The second-order valence-electron chi connectivity index (χ2n) is 0.388. The molecule has 0 aliphatic rings. The molecular weight excluding hydrogens is 129 g/mol. The minimum atomic E-state index is -2.61. The molecule has 36 valence electrons. The van der Waals surface area contributed by atoms with E-state index in [9.17, 15) is 8.76 Å². The molecule has 0 aliphatic heterocycles. The summed E-state index contributed by atoms with van der Waals surface area (Å²) in [4.78, 5) is 1.95. The van der Waals surface area contributed by atoms with Gasteiger partial charge in [0.2, 0.25) is 0 Å². The molecule has 1 atom stereocenters. The Balaban J connectivity index is -0.000000125. The normalized spacial score (nSPS) is 10.4. The van der Waals surface area contributed by atoms with Gasteiger partial charge in [-0.2, -0.15) is 0 Å². The van der Waals surface area contributed by atoms with Crippen LogP contribution in [0.15, 0.2) is 4.52 Å². The number of hydrogen-bond donors (Lipinski definition) is 0. The van der Waals surface area contributed by atoms with Gasteiger partial charge in [0, 0.05) is 16.2 Å². The largest absolute Gasteiger partial charge is 1.00 e. The fourth-order valence-corrected chi connectivity index (χ4v) is 0.0894. The van der Waals surface area contributed by atoms with Crippen LogP contribution in [0.3, 0.4) is 0 Å². The topological polar surface area (TPSA) is 88.9 Å². The Bertz CT molecular complexity index is 110. The third-order valence-electron chi connectivity index (χ3n) is 0.103. The third kappa shape index (κ3) is 10.7. The van der Waals surface area contributed by atoms with Crippen LogP contribution in [0.1, 0.15) is 1.43 Å². The molecule has 0 aromatic carbocycles. The summed E-state index contributed by atoms with van der Waals surface area (Å²) in [5.74, 6) is 0. The van der Waals surface area contributed by atoms with E-state index >= 15 is 0 Å². The summed E-state index contributed by atoms with van der Waals surface area (Å²) in [6, 6.07) is 0. The van der Waals surface area contributed by atoms with E-state index in [0.717, 1.165) is 0 Å². The molecule has 7 heteroatoms.